The summed E-state index contributed by atoms with van der Waals surface area (Å²) in [6.07, 6.45) is 3.41. The Balaban J connectivity index is 1.84. The lowest BCUT2D eigenvalue weighted by molar-refractivity contribution is 0.426. The van der Waals surface area contributed by atoms with Crippen LogP contribution in [0.15, 0.2) is 63.9 Å². The first-order valence-corrected chi connectivity index (χ1v) is 11.1. The molecule has 1 saturated heterocycles. The van der Waals surface area contributed by atoms with E-state index in [-0.39, 0.29) is 5.56 Å². The number of piperidine rings is 1. The molecule has 0 unspecified atom stereocenters. The minimum atomic E-state index is -0.0737. The molecule has 0 atom stereocenters. The molecular weight excluding hydrogens is 410 g/mol. The Kier molecular flexibility index (Phi) is 5.28. The first kappa shape index (κ1) is 19.9. The van der Waals surface area contributed by atoms with E-state index in [2.05, 4.69) is 10.1 Å². The molecule has 0 radical (unpaired) electrons. The number of hydrogen-bond donors (Lipinski definition) is 0. The number of anilines is 1. The van der Waals surface area contributed by atoms with Crippen molar-refractivity contribution in [1.82, 2.24) is 9.72 Å². The van der Waals surface area contributed by atoms with Crippen molar-refractivity contribution in [3.8, 4) is 11.3 Å². The van der Waals surface area contributed by atoms with E-state index < -0.39 is 0 Å². The monoisotopic (exact) mass is 433 g/mol. The first-order chi connectivity index (χ1) is 15.1. The molecule has 5 rings (SSSR count). The van der Waals surface area contributed by atoms with Crippen molar-refractivity contribution >= 4 is 28.2 Å². The Morgan fingerprint density at radius 2 is 1.81 bits per heavy atom. The van der Waals surface area contributed by atoms with Crippen LogP contribution in [-0.2, 0) is 6.54 Å². The molecule has 0 aliphatic carbocycles. The average Bonchev–Trinajstić information content (AvgIpc) is 3.22. The topological polar surface area (TPSA) is 51.3 Å². The lowest BCUT2D eigenvalue weighted by atomic mass is 10.0. The molecular formula is C25H24ClN3O2. The predicted octanol–water partition coefficient (Wildman–Crippen LogP) is 5.66. The third kappa shape index (κ3) is 3.74. The van der Waals surface area contributed by atoms with Crippen LogP contribution in [0.4, 0.5) is 5.69 Å². The zero-order chi connectivity index (χ0) is 21.4. The highest BCUT2D eigenvalue weighted by atomic mass is 35.5. The maximum absolute atomic E-state index is 14.0. The van der Waals surface area contributed by atoms with Crippen LogP contribution in [0.3, 0.4) is 0 Å². The van der Waals surface area contributed by atoms with Crippen LogP contribution >= 0.6 is 11.6 Å². The molecule has 0 spiro atoms. The van der Waals surface area contributed by atoms with Gasteiger partial charge in [-0.3, -0.25) is 4.79 Å². The predicted molar refractivity (Wildman–Crippen MR) is 125 cm³/mol. The van der Waals surface area contributed by atoms with Crippen molar-refractivity contribution in [1.29, 1.82) is 0 Å². The molecule has 6 heteroatoms. The van der Waals surface area contributed by atoms with Crippen LogP contribution in [-0.4, -0.2) is 22.8 Å². The molecule has 1 aliphatic rings. The number of aryl methyl sites for hydroxylation is 1. The van der Waals surface area contributed by atoms with E-state index in [4.69, 9.17) is 16.1 Å². The van der Waals surface area contributed by atoms with Crippen molar-refractivity contribution in [3.63, 3.8) is 0 Å². The van der Waals surface area contributed by atoms with Crippen molar-refractivity contribution in [2.75, 3.05) is 18.0 Å². The van der Waals surface area contributed by atoms with Crippen LogP contribution in [0.25, 0.3) is 22.2 Å². The lowest BCUT2D eigenvalue weighted by Crippen LogP contribution is -2.33. The highest BCUT2D eigenvalue weighted by Crippen LogP contribution is 2.38. The van der Waals surface area contributed by atoms with Gasteiger partial charge in [0.25, 0.3) is 5.56 Å². The summed E-state index contributed by atoms with van der Waals surface area (Å²) in [7, 11) is 0. The second kappa shape index (κ2) is 8.23. The van der Waals surface area contributed by atoms with Crippen molar-refractivity contribution in [2.45, 2.75) is 32.7 Å². The fourth-order valence-electron chi connectivity index (χ4n) is 4.49. The van der Waals surface area contributed by atoms with Gasteiger partial charge in [-0.1, -0.05) is 47.1 Å². The van der Waals surface area contributed by atoms with E-state index in [0.29, 0.717) is 22.9 Å². The smallest absolute Gasteiger partial charge is 0.264 e. The zero-order valence-electron chi connectivity index (χ0n) is 17.5. The Morgan fingerprint density at radius 1 is 1.03 bits per heavy atom. The van der Waals surface area contributed by atoms with Crippen LogP contribution in [0.2, 0.25) is 5.02 Å². The molecule has 5 nitrogen and oxygen atoms in total. The van der Waals surface area contributed by atoms with Gasteiger partial charge in [-0.05, 0) is 49.9 Å². The summed E-state index contributed by atoms with van der Waals surface area (Å²) < 4.78 is 7.45. The molecule has 2 aromatic heterocycles. The Bertz CT molecular complexity index is 1290. The number of pyridine rings is 1. The maximum Gasteiger partial charge on any atom is 0.264 e. The summed E-state index contributed by atoms with van der Waals surface area (Å²) in [6.45, 7) is 4.15. The normalized spacial score (nSPS) is 14.3. The lowest BCUT2D eigenvalue weighted by Gasteiger charge is -2.32. The van der Waals surface area contributed by atoms with E-state index >= 15 is 0 Å². The largest absolute Gasteiger partial charge is 0.370 e. The highest BCUT2D eigenvalue weighted by molar-refractivity contribution is 6.31. The summed E-state index contributed by atoms with van der Waals surface area (Å²) in [6, 6.07) is 17.6. The number of aromatic nitrogens is 2. The third-order valence-corrected chi connectivity index (χ3v) is 6.17. The molecule has 0 saturated carbocycles. The van der Waals surface area contributed by atoms with Gasteiger partial charge >= 0.3 is 0 Å². The zero-order valence-corrected chi connectivity index (χ0v) is 18.2. The van der Waals surface area contributed by atoms with E-state index in [1.54, 1.807) is 0 Å². The molecule has 1 aliphatic heterocycles. The van der Waals surface area contributed by atoms with Crippen LogP contribution in [0.5, 0.6) is 0 Å². The van der Waals surface area contributed by atoms with Gasteiger partial charge in [-0.2, -0.15) is 0 Å². The average molecular weight is 434 g/mol. The fourth-order valence-corrected chi connectivity index (χ4v) is 4.66. The summed E-state index contributed by atoms with van der Waals surface area (Å²) in [5.74, 6) is 0.506. The first-order valence-electron chi connectivity index (χ1n) is 10.7. The molecule has 0 N–H and O–H groups in total. The molecule has 0 bridgehead atoms. The van der Waals surface area contributed by atoms with Gasteiger partial charge in [0.1, 0.15) is 5.56 Å². The summed E-state index contributed by atoms with van der Waals surface area (Å²) in [5.41, 5.74) is 4.08. The quantitative estimate of drug-likeness (QED) is 0.417. The minimum absolute atomic E-state index is 0.0737. The number of benzene rings is 2. The summed E-state index contributed by atoms with van der Waals surface area (Å²) >= 11 is 6.44. The van der Waals surface area contributed by atoms with Crippen LogP contribution in [0, 0.1) is 6.92 Å². The second-order valence-electron chi connectivity index (χ2n) is 8.14. The van der Waals surface area contributed by atoms with Crippen molar-refractivity contribution in [2.24, 2.45) is 0 Å². The highest BCUT2D eigenvalue weighted by Gasteiger charge is 2.26. The van der Waals surface area contributed by atoms with Crippen LogP contribution < -0.4 is 10.5 Å². The fraction of sp³-hybridized carbons (Fsp3) is 0.280. The van der Waals surface area contributed by atoms with Crippen LogP contribution in [0.1, 0.15) is 30.5 Å². The van der Waals surface area contributed by atoms with Crippen molar-refractivity contribution < 1.29 is 4.52 Å². The van der Waals surface area contributed by atoms with Gasteiger partial charge in [-0.15, -0.1) is 0 Å². The Morgan fingerprint density at radius 3 is 2.52 bits per heavy atom. The Labute approximate surface area is 185 Å². The number of hydrogen-bond acceptors (Lipinski definition) is 4. The Hall–Kier alpha value is -3.05. The maximum atomic E-state index is 14.0. The number of halogens is 1. The molecule has 4 aromatic rings. The molecule has 158 valence electrons. The molecule has 2 aromatic carbocycles. The van der Waals surface area contributed by atoms with Gasteiger partial charge in [0, 0.05) is 29.6 Å². The SMILES string of the molecule is Cc1cc(-c2c(N3CCCCC3)c3cc(Cl)ccc3n(Cc3ccccc3)c2=O)on1. The van der Waals surface area contributed by atoms with E-state index in [1.165, 1.54) is 6.42 Å². The number of fused-ring (bicyclic) bond motifs is 1. The van der Waals surface area contributed by atoms with Crippen molar-refractivity contribution in [3.05, 3.63) is 81.2 Å². The van der Waals surface area contributed by atoms with E-state index in [1.807, 2.05) is 66.1 Å². The third-order valence-electron chi connectivity index (χ3n) is 5.93. The minimum Gasteiger partial charge on any atom is -0.370 e. The van der Waals surface area contributed by atoms with E-state index in [0.717, 1.165) is 53.8 Å². The molecule has 3 heterocycles. The van der Waals surface area contributed by atoms with Gasteiger partial charge < -0.3 is 14.0 Å². The second-order valence-corrected chi connectivity index (χ2v) is 8.58. The standard InChI is InChI=1S/C25H24ClN3O2/c1-17-14-22(31-27-17)23-24(28-12-6-3-7-13-28)20-15-19(26)10-11-21(20)29(25(23)30)16-18-8-4-2-5-9-18/h2,4-5,8-11,14-15H,3,6-7,12-13,16H2,1H3. The molecule has 31 heavy (non-hydrogen) atoms. The molecule has 0 amide bonds. The van der Waals surface area contributed by atoms with E-state index in [9.17, 15) is 4.79 Å². The molecule has 1 fully saturated rings. The summed E-state index contributed by atoms with van der Waals surface area (Å²) in [4.78, 5) is 16.3. The number of nitrogens with zero attached hydrogens (tertiary/aromatic N) is 3. The summed E-state index contributed by atoms with van der Waals surface area (Å²) in [5, 5.41) is 5.68. The van der Waals surface area contributed by atoms with Gasteiger partial charge in [0.2, 0.25) is 0 Å². The van der Waals surface area contributed by atoms with Gasteiger partial charge in [0.05, 0.1) is 23.4 Å². The van der Waals surface area contributed by atoms with Gasteiger partial charge in [-0.25, -0.2) is 0 Å². The number of rotatable bonds is 4. The van der Waals surface area contributed by atoms with Gasteiger partial charge in [0.15, 0.2) is 5.76 Å².